The second-order valence-electron chi connectivity index (χ2n) is 4.24. The number of benzene rings is 2. The summed E-state index contributed by atoms with van der Waals surface area (Å²) in [5.41, 5.74) is 1.77. The Morgan fingerprint density at radius 1 is 1.05 bits per heavy atom. The maximum Gasteiger partial charge on any atom is 0.185 e. The van der Waals surface area contributed by atoms with E-state index in [4.69, 9.17) is 9.15 Å². The molecule has 0 saturated heterocycles. The van der Waals surface area contributed by atoms with E-state index in [9.17, 15) is 4.79 Å². The van der Waals surface area contributed by atoms with Crippen molar-refractivity contribution in [1.82, 2.24) is 0 Å². The number of hydrogen-bond donors (Lipinski definition) is 0. The van der Waals surface area contributed by atoms with E-state index in [1.165, 1.54) is 0 Å². The van der Waals surface area contributed by atoms with E-state index >= 15 is 0 Å². The highest BCUT2D eigenvalue weighted by atomic mass is 16.5. The zero-order valence-corrected chi connectivity index (χ0v) is 10.2. The largest absolute Gasteiger partial charge is 0.489 e. The molecule has 0 saturated carbocycles. The number of carbonyl (C=O) groups excluding carboxylic acids is 1. The lowest BCUT2D eigenvalue weighted by molar-refractivity contribution is 0.110. The zero-order chi connectivity index (χ0) is 13.1. The van der Waals surface area contributed by atoms with Gasteiger partial charge in [0.15, 0.2) is 12.0 Å². The van der Waals surface area contributed by atoms with Gasteiger partial charge in [0.2, 0.25) is 0 Å². The van der Waals surface area contributed by atoms with Crippen LogP contribution in [0.1, 0.15) is 16.1 Å². The molecule has 94 valence electrons. The fourth-order valence-electron chi connectivity index (χ4n) is 1.92. The summed E-state index contributed by atoms with van der Waals surface area (Å²) >= 11 is 0. The molecule has 0 bridgehead atoms. The molecule has 0 amide bonds. The molecule has 3 aromatic rings. The molecule has 3 rings (SSSR count). The van der Waals surface area contributed by atoms with Gasteiger partial charge >= 0.3 is 0 Å². The number of ether oxygens (including phenoxy) is 1. The maximum absolute atomic E-state index is 10.6. The third kappa shape index (κ3) is 2.50. The first kappa shape index (κ1) is 11.5. The summed E-state index contributed by atoms with van der Waals surface area (Å²) in [6, 6.07) is 17.2. The highest BCUT2D eigenvalue weighted by molar-refractivity contribution is 5.85. The summed E-state index contributed by atoms with van der Waals surface area (Å²) in [5, 5.41) is 0.897. The van der Waals surface area contributed by atoms with Gasteiger partial charge in [0.1, 0.15) is 17.9 Å². The molecule has 3 heteroatoms. The Morgan fingerprint density at radius 3 is 2.68 bits per heavy atom. The van der Waals surface area contributed by atoms with Crippen LogP contribution in [0.3, 0.4) is 0 Å². The summed E-state index contributed by atoms with van der Waals surface area (Å²) in [5.74, 6) is 1.05. The number of carbonyl (C=O) groups is 1. The lowest BCUT2D eigenvalue weighted by Gasteiger charge is -2.05. The number of fused-ring (bicyclic) bond motifs is 1. The van der Waals surface area contributed by atoms with Gasteiger partial charge in [-0.15, -0.1) is 0 Å². The average molecular weight is 252 g/mol. The molecule has 1 heterocycles. The van der Waals surface area contributed by atoms with Gasteiger partial charge in [-0.1, -0.05) is 30.3 Å². The minimum Gasteiger partial charge on any atom is -0.489 e. The monoisotopic (exact) mass is 252 g/mol. The number of furan rings is 1. The summed E-state index contributed by atoms with van der Waals surface area (Å²) < 4.78 is 11.1. The quantitative estimate of drug-likeness (QED) is 0.662. The van der Waals surface area contributed by atoms with Crippen molar-refractivity contribution in [3.05, 3.63) is 65.9 Å². The van der Waals surface area contributed by atoms with Gasteiger partial charge in [-0.05, 0) is 23.8 Å². The fourth-order valence-corrected chi connectivity index (χ4v) is 1.92. The predicted octanol–water partition coefficient (Wildman–Crippen LogP) is 3.82. The molecule has 3 nitrogen and oxygen atoms in total. The van der Waals surface area contributed by atoms with Crippen molar-refractivity contribution in [3.8, 4) is 5.75 Å². The molecular formula is C16H12O3. The Morgan fingerprint density at radius 2 is 1.89 bits per heavy atom. The Bertz CT molecular complexity index is 698. The van der Waals surface area contributed by atoms with E-state index in [1.807, 2.05) is 42.5 Å². The van der Waals surface area contributed by atoms with E-state index in [1.54, 1.807) is 12.1 Å². The van der Waals surface area contributed by atoms with Gasteiger partial charge in [-0.3, -0.25) is 4.79 Å². The van der Waals surface area contributed by atoms with Crippen LogP contribution in [-0.4, -0.2) is 6.29 Å². The Kier molecular flexibility index (Phi) is 3.02. The third-order valence-electron chi connectivity index (χ3n) is 2.88. The lowest BCUT2D eigenvalue weighted by Crippen LogP contribution is -1.94. The van der Waals surface area contributed by atoms with Gasteiger partial charge in [-0.25, -0.2) is 0 Å². The summed E-state index contributed by atoms with van der Waals surface area (Å²) in [6.07, 6.45) is 0.699. The summed E-state index contributed by atoms with van der Waals surface area (Å²) in [7, 11) is 0. The van der Waals surface area contributed by atoms with Crippen molar-refractivity contribution in [2.24, 2.45) is 0 Å². The molecular weight excluding hydrogens is 240 g/mol. The molecule has 0 aliphatic heterocycles. The maximum atomic E-state index is 10.6. The van der Waals surface area contributed by atoms with Crippen molar-refractivity contribution in [2.45, 2.75) is 6.61 Å². The van der Waals surface area contributed by atoms with E-state index in [-0.39, 0.29) is 0 Å². The second kappa shape index (κ2) is 4.98. The molecule has 0 radical (unpaired) electrons. The van der Waals surface area contributed by atoms with Crippen LogP contribution in [0.15, 0.2) is 59.0 Å². The van der Waals surface area contributed by atoms with E-state index in [0.29, 0.717) is 24.2 Å². The normalized spacial score (nSPS) is 10.5. The molecule has 19 heavy (non-hydrogen) atoms. The van der Waals surface area contributed by atoms with Crippen molar-refractivity contribution < 1.29 is 13.9 Å². The van der Waals surface area contributed by atoms with Gasteiger partial charge in [0.05, 0.1) is 0 Å². The van der Waals surface area contributed by atoms with Crippen LogP contribution in [0.2, 0.25) is 0 Å². The first-order valence-electron chi connectivity index (χ1n) is 6.01. The smallest absolute Gasteiger partial charge is 0.185 e. The van der Waals surface area contributed by atoms with E-state index in [0.717, 1.165) is 16.7 Å². The standard InChI is InChI=1S/C16H12O3/c17-10-15-8-13-6-7-14(9-16(13)19-15)18-11-12-4-2-1-3-5-12/h1-10H,11H2. The zero-order valence-electron chi connectivity index (χ0n) is 10.2. The first-order chi connectivity index (χ1) is 9.35. The highest BCUT2D eigenvalue weighted by Crippen LogP contribution is 2.24. The Labute approximate surface area is 110 Å². The SMILES string of the molecule is O=Cc1cc2ccc(OCc3ccccc3)cc2o1. The van der Waals surface area contributed by atoms with E-state index in [2.05, 4.69) is 0 Å². The number of aldehydes is 1. The van der Waals surface area contributed by atoms with Crippen LogP contribution in [0.5, 0.6) is 5.75 Å². The lowest BCUT2D eigenvalue weighted by atomic mass is 10.2. The molecule has 0 atom stereocenters. The first-order valence-corrected chi connectivity index (χ1v) is 6.01. The van der Waals surface area contributed by atoms with Crippen molar-refractivity contribution in [2.75, 3.05) is 0 Å². The Balaban J connectivity index is 1.79. The van der Waals surface area contributed by atoms with Crippen LogP contribution in [0.25, 0.3) is 11.0 Å². The second-order valence-corrected chi connectivity index (χ2v) is 4.24. The third-order valence-corrected chi connectivity index (χ3v) is 2.88. The molecule has 0 unspecified atom stereocenters. The summed E-state index contributed by atoms with van der Waals surface area (Å²) in [6.45, 7) is 0.508. The van der Waals surface area contributed by atoms with Crippen LogP contribution >= 0.6 is 0 Å². The van der Waals surface area contributed by atoms with Crippen LogP contribution in [0.4, 0.5) is 0 Å². The van der Waals surface area contributed by atoms with Crippen molar-refractivity contribution in [1.29, 1.82) is 0 Å². The molecule has 0 aliphatic rings. The average Bonchev–Trinajstić information content (AvgIpc) is 2.88. The molecule has 1 aromatic heterocycles. The molecule has 0 aliphatic carbocycles. The molecule has 2 aromatic carbocycles. The van der Waals surface area contributed by atoms with Gasteiger partial charge in [0, 0.05) is 11.5 Å². The number of hydrogen-bond acceptors (Lipinski definition) is 3. The van der Waals surface area contributed by atoms with Gasteiger partial charge in [-0.2, -0.15) is 0 Å². The minimum absolute atomic E-state index is 0.329. The van der Waals surface area contributed by atoms with Crippen LogP contribution in [0, 0.1) is 0 Å². The van der Waals surface area contributed by atoms with Gasteiger partial charge < -0.3 is 9.15 Å². The van der Waals surface area contributed by atoms with Crippen molar-refractivity contribution >= 4 is 17.3 Å². The molecule has 0 spiro atoms. The van der Waals surface area contributed by atoms with Gasteiger partial charge in [0.25, 0.3) is 0 Å². The highest BCUT2D eigenvalue weighted by Gasteiger charge is 2.04. The minimum atomic E-state index is 0.329. The van der Waals surface area contributed by atoms with Crippen LogP contribution < -0.4 is 4.74 Å². The molecule has 0 N–H and O–H groups in total. The number of rotatable bonds is 4. The molecule has 0 fully saturated rings. The van der Waals surface area contributed by atoms with Crippen LogP contribution in [-0.2, 0) is 6.61 Å². The van der Waals surface area contributed by atoms with Crippen molar-refractivity contribution in [3.63, 3.8) is 0 Å². The fraction of sp³-hybridized carbons (Fsp3) is 0.0625. The van der Waals surface area contributed by atoms with E-state index < -0.39 is 0 Å². The predicted molar refractivity (Wildman–Crippen MR) is 72.4 cm³/mol. The topological polar surface area (TPSA) is 39.4 Å². The summed E-state index contributed by atoms with van der Waals surface area (Å²) in [4.78, 5) is 10.6. The Hall–Kier alpha value is -2.55.